The van der Waals surface area contributed by atoms with Gasteiger partial charge in [0, 0.05) is 18.7 Å². The Bertz CT molecular complexity index is 811. The first-order chi connectivity index (χ1) is 14.0. The fourth-order valence-electron chi connectivity index (χ4n) is 2.71. The predicted molar refractivity (Wildman–Crippen MR) is 108 cm³/mol. The second-order valence-corrected chi connectivity index (χ2v) is 6.04. The summed E-state index contributed by atoms with van der Waals surface area (Å²) in [7, 11) is 6.13. The number of ether oxygens (including phenoxy) is 4. The first-order valence-electron chi connectivity index (χ1n) is 9.00. The molecule has 0 bridgehead atoms. The molecule has 29 heavy (non-hydrogen) atoms. The van der Waals surface area contributed by atoms with Crippen molar-refractivity contribution >= 4 is 11.8 Å². The van der Waals surface area contributed by atoms with Gasteiger partial charge in [0.25, 0.3) is 5.91 Å². The van der Waals surface area contributed by atoms with Crippen molar-refractivity contribution in [3.05, 3.63) is 47.5 Å². The zero-order valence-electron chi connectivity index (χ0n) is 17.0. The number of benzene rings is 2. The molecule has 0 unspecified atom stereocenters. The van der Waals surface area contributed by atoms with Gasteiger partial charge >= 0.3 is 0 Å². The molecule has 0 aromatic heterocycles. The van der Waals surface area contributed by atoms with E-state index >= 15 is 0 Å². The molecule has 0 atom stereocenters. The summed E-state index contributed by atoms with van der Waals surface area (Å²) < 4.78 is 20.9. The van der Waals surface area contributed by atoms with Gasteiger partial charge in [-0.3, -0.25) is 9.59 Å². The van der Waals surface area contributed by atoms with Gasteiger partial charge in [0.2, 0.25) is 11.7 Å². The van der Waals surface area contributed by atoms with Gasteiger partial charge in [-0.05, 0) is 42.0 Å². The highest BCUT2D eigenvalue weighted by atomic mass is 16.5. The van der Waals surface area contributed by atoms with E-state index in [1.165, 1.54) is 21.3 Å². The molecule has 0 heterocycles. The summed E-state index contributed by atoms with van der Waals surface area (Å²) in [6.07, 6.45) is 0.142. The third-order valence-corrected chi connectivity index (χ3v) is 4.17. The van der Waals surface area contributed by atoms with Gasteiger partial charge in [-0.25, -0.2) is 0 Å². The van der Waals surface area contributed by atoms with Crippen molar-refractivity contribution in [1.29, 1.82) is 0 Å². The first kappa shape index (κ1) is 21.9. The summed E-state index contributed by atoms with van der Waals surface area (Å²) in [5.41, 5.74) is 1.24. The lowest BCUT2D eigenvalue weighted by Crippen LogP contribution is -2.35. The molecule has 2 aromatic rings. The summed E-state index contributed by atoms with van der Waals surface area (Å²) in [5, 5.41) is 5.53. The topological polar surface area (TPSA) is 95.1 Å². The zero-order chi connectivity index (χ0) is 21.2. The van der Waals surface area contributed by atoms with Gasteiger partial charge in [-0.1, -0.05) is 0 Å². The summed E-state index contributed by atoms with van der Waals surface area (Å²) in [6.45, 7) is 0.622. The number of methoxy groups -OCH3 is 4. The molecule has 8 nitrogen and oxygen atoms in total. The van der Waals surface area contributed by atoms with Crippen LogP contribution in [0.4, 0.5) is 0 Å². The van der Waals surface area contributed by atoms with E-state index in [0.717, 1.165) is 5.56 Å². The maximum Gasteiger partial charge on any atom is 0.251 e. The minimum atomic E-state index is -0.216. The van der Waals surface area contributed by atoms with E-state index < -0.39 is 0 Å². The van der Waals surface area contributed by atoms with Crippen LogP contribution in [0, 0.1) is 0 Å². The Morgan fingerprint density at radius 1 is 0.793 bits per heavy atom. The van der Waals surface area contributed by atoms with Crippen molar-refractivity contribution in [3.8, 4) is 23.0 Å². The van der Waals surface area contributed by atoms with E-state index in [-0.39, 0.29) is 18.2 Å². The highest BCUT2D eigenvalue weighted by Gasteiger charge is 2.15. The fourth-order valence-corrected chi connectivity index (χ4v) is 2.71. The van der Waals surface area contributed by atoms with E-state index in [9.17, 15) is 9.59 Å². The molecule has 156 valence electrons. The Kier molecular flexibility index (Phi) is 8.14. The van der Waals surface area contributed by atoms with Gasteiger partial charge in [-0.15, -0.1) is 0 Å². The first-order valence-corrected chi connectivity index (χ1v) is 9.00. The Balaban J connectivity index is 1.83. The van der Waals surface area contributed by atoms with E-state index in [2.05, 4.69) is 10.6 Å². The normalized spacial score (nSPS) is 10.1. The monoisotopic (exact) mass is 402 g/mol. The molecule has 0 saturated carbocycles. The number of hydrogen-bond donors (Lipinski definition) is 2. The molecular formula is C21H26N2O6. The average Bonchev–Trinajstić information content (AvgIpc) is 2.75. The second-order valence-electron chi connectivity index (χ2n) is 6.04. The third kappa shape index (κ3) is 6.03. The molecule has 2 rings (SSSR count). The highest BCUT2D eigenvalue weighted by Crippen LogP contribution is 2.38. The lowest BCUT2D eigenvalue weighted by Gasteiger charge is -2.14. The van der Waals surface area contributed by atoms with Crippen LogP contribution >= 0.6 is 0 Å². The summed E-state index contributed by atoms with van der Waals surface area (Å²) in [5.74, 6) is 1.73. The number of carbonyl (C=O) groups is 2. The zero-order valence-corrected chi connectivity index (χ0v) is 17.0. The summed E-state index contributed by atoms with van der Waals surface area (Å²) in [6, 6.07) is 10.2. The van der Waals surface area contributed by atoms with Crippen LogP contribution in [-0.4, -0.2) is 53.3 Å². The number of nitrogens with one attached hydrogen (secondary N) is 2. The summed E-state index contributed by atoms with van der Waals surface area (Å²) >= 11 is 0. The van der Waals surface area contributed by atoms with Crippen LogP contribution in [0.5, 0.6) is 23.0 Å². The molecule has 8 heteroatoms. The minimum absolute atomic E-state index is 0.142. The Morgan fingerprint density at radius 2 is 1.38 bits per heavy atom. The summed E-state index contributed by atoms with van der Waals surface area (Å²) in [4.78, 5) is 24.3. The third-order valence-electron chi connectivity index (χ3n) is 4.17. The lowest BCUT2D eigenvalue weighted by molar-refractivity contribution is -0.120. The van der Waals surface area contributed by atoms with Crippen molar-refractivity contribution < 1.29 is 28.5 Å². The average molecular weight is 402 g/mol. The van der Waals surface area contributed by atoms with Crippen molar-refractivity contribution in [2.45, 2.75) is 6.42 Å². The van der Waals surface area contributed by atoms with Crippen molar-refractivity contribution in [2.75, 3.05) is 41.5 Å². The second kappa shape index (κ2) is 10.8. The van der Waals surface area contributed by atoms with Crippen LogP contribution in [0.25, 0.3) is 0 Å². The van der Waals surface area contributed by atoms with E-state index in [4.69, 9.17) is 18.9 Å². The number of carbonyl (C=O) groups excluding carboxylic acids is 2. The molecule has 2 aromatic carbocycles. The molecule has 0 aliphatic rings. The smallest absolute Gasteiger partial charge is 0.251 e. The number of amides is 2. The van der Waals surface area contributed by atoms with Crippen LogP contribution in [0.3, 0.4) is 0 Å². The van der Waals surface area contributed by atoms with Crippen molar-refractivity contribution in [3.63, 3.8) is 0 Å². The van der Waals surface area contributed by atoms with Crippen molar-refractivity contribution in [1.82, 2.24) is 10.6 Å². The van der Waals surface area contributed by atoms with E-state index in [0.29, 0.717) is 41.7 Å². The van der Waals surface area contributed by atoms with Gasteiger partial charge < -0.3 is 29.6 Å². The minimum Gasteiger partial charge on any atom is -0.497 e. The molecule has 2 N–H and O–H groups in total. The molecule has 0 spiro atoms. The van der Waals surface area contributed by atoms with Crippen LogP contribution in [0.1, 0.15) is 15.9 Å². The van der Waals surface area contributed by atoms with Crippen LogP contribution in [-0.2, 0) is 11.2 Å². The Morgan fingerprint density at radius 3 is 1.90 bits per heavy atom. The predicted octanol–water partition coefficient (Wildman–Crippen LogP) is 1.81. The Labute approximate surface area is 170 Å². The quantitative estimate of drug-likeness (QED) is 0.589. The van der Waals surface area contributed by atoms with Crippen LogP contribution in [0.15, 0.2) is 36.4 Å². The molecule has 0 aliphatic carbocycles. The molecule has 0 radical (unpaired) electrons. The standard InChI is InChI=1S/C21H26N2O6/c1-26-16-7-5-15(6-8-16)21(25)23-10-9-22-19(24)13-14-11-17(27-2)20(29-4)18(12-14)28-3/h5-8,11-12H,9-10,13H2,1-4H3,(H,22,24)(H,23,25). The maximum absolute atomic E-state index is 12.2. The molecular weight excluding hydrogens is 376 g/mol. The van der Waals surface area contributed by atoms with Gasteiger partial charge in [0.05, 0.1) is 34.9 Å². The lowest BCUT2D eigenvalue weighted by atomic mass is 10.1. The van der Waals surface area contributed by atoms with E-state index in [1.54, 1.807) is 43.5 Å². The van der Waals surface area contributed by atoms with Gasteiger partial charge in [0.1, 0.15) is 5.75 Å². The maximum atomic E-state index is 12.2. The molecule has 2 amide bonds. The number of rotatable bonds is 10. The van der Waals surface area contributed by atoms with Crippen LogP contribution < -0.4 is 29.6 Å². The molecule has 0 saturated heterocycles. The van der Waals surface area contributed by atoms with Gasteiger partial charge in [-0.2, -0.15) is 0 Å². The largest absolute Gasteiger partial charge is 0.497 e. The molecule has 0 aliphatic heterocycles. The highest BCUT2D eigenvalue weighted by molar-refractivity contribution is 5.94. The fraction of sp³-hybridized carbons (Fsp3) is 0.333. The number of hydrogen-bond acceptors (Lipinski definition) is 6. The van der Waals surface area contributed by atoms with Crippen molar-refractivity contribution in [2.24, 2.45) is 0 Å². The van der Waals surface area contributed by atoms with Crippen LogP contribution in [0.2, 0.25) is 0 Å². The molecule has 0 fully saturated rings. The van der Waals surface area contributed by atoms with E-state index in [1.807, 2.05) is 0 Å². The SMILES string of the molecule is COc1ccc(C(=O)NCCNC(=O)Cc2cc(OC)c(OC)c(OC)c2)cc1. The Hall–Kier alpha value is -3.42. The van der Waals surface area contributed by atoms with Gasteiger partial charge in [0.15, 0.2) is 11.5 Å².